The van der Waals surface area contributed by atoms with Crippen molar-refractivity contribution in [1.82, 2.24) is 4.98 Å². The molecule has 1 aromatic heterocycles. The molecule has 8 nitrogen and oxygen atoms in total. The number of hydrogen-bond acceptors (Lipinski definition) is 7. The lowest BCUT2D eigenvalue weighted by Gasteiger charge is -2.09. The van der Waals surface area contributed by atoms with Gasteiger partial charge in [-0.3, -0.25) is 14.9 Å². The summed E-state index contributed by atoms with van der Waals surface area (Å²) in [6.07, 6.45) is 0. The van der Waals surface area contributed by atoms with Gasteiger partial charge in [0.15, 0.2) is 5.13 Å². The molecule has 29 heavy (non-hydrogen) atoms. The average Bonchev–Trinajstić information content (AvgIpc) is 3.22. The number of hydrogen-bond donors (Lipinski definition) is 2. The first-order valence-corrected chi connectivity index (χ1v) is 9.35. The van der Waals surface area contributed by atoms with Gasteiger partial charge in [0, 0.05) is 34.8 Å². The highest BCUT2D eigenvalue weighted by molar-refractivity contribution is 7.14. The topological polar surface area (TPSA) is 98.8 Å². The van der Waals surface area contributed by atoms with E-state index in [1.807, 2.05) is 0 Å². The van der Waals surface area contributed by atoms with Crippen molar-refractivity contribution in [2.75, 3.05) is 32.0 Å². The Morgan fingerprint density at radius 3 is 2.03 bits per heavy atom. The SMILES string of the molecule is COc1ccc(C(=O)Nc2nc(C(=O)Nc3cc(OC)cc(OC)c3)cs2)cc1. The Morgan fingerprint density at radius 1 is 0.828 bits per heavy atom. The maximum absolute atomic E-state index is 12.5. The lowest BCUT2D eigenvalue weighted by Crippen LogP contribution is -2.14. The highest BCUT2D eigenvalue weighted by atomic mass is 32.1. The predicted octanol–water partition coefficient (Wildman–Crippen LogP) is 3.67. The summed E-state index contributed by atoms with van der Waals surface area (Å²) in [5, 5.41) is 7.30. The molecule has 2 aromatic carbocycles. The van der Waals surface area contributed by atoms with Crippen molar-refractivity contribution in [3.63, 3.8) is 0 Å². The summed E-state index contributed by atoms with van der Waals surface area (Å²) in [5.41, 5.74) is 1.14. The fourth-order valence-electron chi connectivity index (χ4n) is 2.42. The number of carbonyl (C=O) groups excluding carboxylic acids is 2. The highest BCUT2D eigenvalue weighted by Crippen LogP contribution is 2.26. The van der Waals surface area contributed by atoms with Gasteiger partial charge in [-0.15, -0.1) is 11.3 Å². The Hall–Kier alpha value is -3.59. The van der Waals surface area contributed by atoms with Crippen LogP contribution >= 0.6 is 11.3 Å². The van der Waals surface area contributed by atoms with E-state index in [2.05, 4.69) is 15.6 Å². The molecular weight excluding hydrogens is 394 g/mol. The van der Waals surface area contributed by atoms with Gasteiger partial charge in [0.25, 0.3) is 11.8 Å². The second-order valence-electron chi connectivity index (χ2n) is 5.78. The van der Waals surface area contributed by atoms with Gasteiger partial charge in [0.2, 0.25) is 0 Å². The van der Waals surface area contributed by atoms with Crippen LogP contribution in [0.25, 0.3) is 0 Å². The Bertz CT molecular complexity index is 995. The average molecular weight is 413 g/mol. The number of amides is 2. The maximum Gasteiger partial charge on any atom is 0.275 e. The van der Waals surface area contributed by atoms with Crippen LogP contribution in [0.1, 0.15) is 20.8 Å². The molecule has 0 unspecified atom stereocenters. The summed E-state index contributed by atoms with van der Waals surface area (Å²) >= 11 is 1.16. The zero-order valence-corrected chi connectivity index (χ0v) is 16.8. The molecular formula is C20H19N3O5S. The molecule has 9 heteroatoms. The number of aromatic nitrogens is 1. The van der Waals surface area contributed by atoms with Crippen molar-refractivity contribution >= 4 is 34.0 Å². The zero-order valence-electron chi connectivity index (χ0n) is 16.0. The van der Waals surface area contributed by atoms with Gasteiger partial charge in [-0.1, -0.05) is 0 Å². The van der Waals surface area contributed by atoms with Crippen LogP contribution in [0, 0.1) is 0 Å². The van der Waals surface area contributed by atoms with Crippen molar-refractivity contribution in [2.24, 2.45) is 0 Å². The van der Waals surface area contributed by atoms with Crippen LogP contribution in [0.15, 0.2) is 47.8 Å². The lowest BCUT2D eigenvalue weighted by molar-refractivity contribution is 0.101. The van der Waals surface area contributed by atoms with E-state index in [1.165, 1.54) is 14.2 Å². The molecule has 0 aliphatic rings. The van der Waals surface area contributed by atoms with E-state index >= 15 is 0 Å². The van der Waals surface area contributed by atoms with Gasteiger partial charge < -0.3 is 19.5 Å². The van der Waals surface area contributed by atoms with E-state index in [1.54, 1.807) is 55.0 Å². The summed E-state index contributed by atoms with van der Waals surface area (Å²) in [5.74, 6) is 1.01. The van der Waals surface area contributed by atoms with Crippen molar-refractivity contribution in [3.05, 3.63) is 59.1 Å². The Labute approximate surface area is 171 Å². The monoisotopic (exact) mass is 413 g/mol. The normalized spacial score (nSPS) is 10.2. The van der Waals surface area contributed by atoms with Crippen LogP contribution in [-0.2, 0) is 0 Å². The summed E-state index contributed by atoms with van der Waals surface area (Å²) < 4.78 is 15.5. The molecule has 1 heterocycles. The van der Waals surface area contributed by atoms with Crippen LogP contribution in [0.4, 0.5) is 10.8 Å². The third-order valence-corrected chi connectivity index (χ3v) is 4.68. The molecule has 3 aromatic rings. The number of ether oxygens (including phenoxy) is 3. The number of nitrogens with zero attached hydrogens (tertiary/aromatic N) is 1. The van der Waals surface area contributed by atoms with E-state index in [4.69, 9.17) is 14.2 Å². The molecule has 0 bridgehead atoms. The molecule has 0 atom stereocenters. The van der Waals surface area contributed by atoms with Crippen LogP contribution in [-0.4, -0.2) is 38.1 Å². The molecule has 0 radical (unpaired) electrons. The molecule has 2 amide bonds. The highest BCUT2D eigenvalue weighted by Gasteiger charge is 2.14. The van der Waals surface area contributed by atoms with Crippen LogP contribution < -0.4 is 24.8 Å². The Balaban J connectivity index is 1.67. The molecule has 3 rings (SSSR count). The zero-order chi connectivity index (χ0) is 20.8. The lowest BCUT2D eigenvalue weighted by atomic mass is 10.2. The molecule has 0 saturated carbocycles. The Morgan fingerprint density at radius 2 is 1.45 bits per heavy atom. The minimum Gasteiger partial charge on any atom is -0.497 e. The summed E-state index contributed by atoms with van der Waals surface area (Å²) in [7, 11) is 4.61. The first-order chi connectivity index (χ1) is 14.0. The van der Waals surface area contributed by atoms with E-state index in [-0.39, 0.29) is 11.6 Å². The predicted molar refractivity (Wildman–Crippen MR) is 111 cm³/mol. The molecule has 0 aliphatic heterocycles. The summed E-state index contributed by atoms with van der Waals surface area (Å²) in [6.45, 7) is 0. The third kappa shape index (κ3) is 5.02. The number of nitrogens with one attached hydrogen (secondary N) is 2. The maximum atomic E-state index is 12.5. The van der Waals surface area contributed by atoms with Crippen LogP contribution in [0.5, 0.6) is 17.2 Å². The fourth-order valence-corrected chi connectivity index (χ4v) is 3.11. The van der Waals surface area contributed by atoms with Gasteiger partial charge in [0.05, 0.1) is 21.3 Å². The van der Waals surface area contributed by atoms with E-state index in [0.29, 0.717) is 33.6 Å². The largest absolute Gasteiger partial charge is 0.497 e. The number of thiazole rings is 1. The second kappa shape index (κ2) is 9.07. The van der Waals surface area contributed by atoms with Crippen molar-refractivity contribution < 1.29 is 23.8 Å². The van der Waals surface area contributed by atoms with Gasteiger partial charge in [-0.25, -0.2) is 4.98 Å². The van der Waals surface area contributed by atoms with Crippen molar-refractivity contribution in [1.29, 1.82) is 0 Å². The number of methoxy groups -OCH3 is 3. The number of rotatable bonds is 7. The summed E-state index contributed by atoms with van der Waals surface area (Å²) in [6, 6.07) is 11.7. The summed E-state index contributed by atoms with van der Waals surface area (Å²) in [4.78, 5) is 29.0. The van der Waals surface area contributed by atoms with E-state index in [0.717, 1.165) is 11.3 Å². The number of anilines is 2. The van der Waals surface area contributed by atoms with Crippen LogP contribution in [0.2, 0.25) is 0 Å². The van der Waals surface area contributed by atoms with Gasteiger partial charge in [-0.05, 0) is 24.3 Å². The molecule has 2 N–H and O–H groups in total. The minimum atomic E-state index is -0.415. The number of benzene rings is 2. The van der Waals surface area contributed by atoms with Gasteiger partial charge >= 0.3 is 0 Å². The quantitative estimate of drug-likeness (QED) is 0.613. The first-order valence-electron chi connectivity index (χ1n) is 8.47. The van der Waals surface area contributed by atoms with Gasteiger partial charge in [0.1, 0.15) is 22.9 Å². The van der Waals surface area contributed by atoms with Crippen molar-refractivity contribution in [3.8, 4) is 17.2 Å². The third-order valence-electron chi connectivity index (χ3n) is 3.92. The first kappa shape index (κ1) is 20.2. The van der Waals surface area contributed by atoms with Gasteiger partial charge in [-0.2, -0.15) is 0 Å². The smallest absolute Gasteiger partial charge is 0.275 e. The van der Waals surface area contributed by atoms with E-state index in [9.17, 15) is 9.59 Å². The molecule has 150 valence electrons. The molecule has 0 fully saturated rings. The van der Waals surface area contributed by atoms with Crippen molar-refractivity contribution in [2.45, 2.75) is 0 Å². The standard InChI is InChI=1S/C20H19N3O5S/c1-26-14-6-4-12(5-7-14)18(24)23-20-22-17(11-29-20)19(25)21-13-8-15(27-2)10-16(9-13)28-3/h4-11H,1-3H3,(H,21,25)(H,22,23,24). The Kier molecular flexibility index (Phi) is 6.30. The van der Waals surface area contributed by atoms with Crippen LogP contribution in [0.3, 0.4) is 0 Å². The minimum absolute atomic E-state index is 0.182. The molecule has 0 aliphatic carbocycles. The second-order valence-corrected chi connectivity index (χ2v) is 6.63. The number of carbonyl (C=O) groups is 2. The van der Waals surface area contributed by atoms with E-state index < -0.39 is 5.91 Å². The molecule has 0 saturated heterocycles. The fraction of sp³-hybridized carbons (Fsp3) is 0.150. The molecule has 0 spiro atoms.